The molecule has 1 saturated carbocycles. The van der Waals surface area contributed by atoms with E-state index < -0.39 is 51.5 Å². The van der Waals surface area contributed by atoms with Crippen LogP contribution in [0.25, 0.3) is 10.9 Å². The monoisotopic (exact) mass is 792 g/mol. The highest BCUT2D eigenvalue weighted by Gasteiger charge is 2.78. The van der Waals surface area contributed by atoms with E-state index in [4.69, 9.17) is 9.47 Å². The molecular formula is C45H56N6O7. The summed E-state index contributed by atoms with van der Waals surface area (Å²) in [6.45, 7) is 6.96. The Hall–Kier alpha value is -4.45. The van der Waals surface area contributed by atoms with Crippen molar-refractivity contribution in [2.24, 2.45) is 11.3 Å². The quantitative estimate of drug-likeness (QED) is 0.135. The van der Waals surface area contributed by atoms with Crippen molar-refractivity contribution in [2.75, 3.05) is 65.4 Å². The van der Waals surface area contributed by atoms with Crippen LogP contribution in [0.1, 0.15) is 68.3 Å². The Labute approximate surface area is 339 Å². The zero-order valence-electron chi connectivity index (χ0n) is 34.2. The molecule has 5 N–H and O–H groups in total. The first-order valence-corrected chi connectivity index (χ1v) is 20.9. The van der Waals surface area contributed by atoms with Crippen LogP contribution >= 0.6 is 0 Å². The number of carbonyl (C=O) groups excluding carboxylic acids is 2. The minimum atomic E-state index is -2.33. The molecule has 0 radical (unpaired) electrons. The van der Waals surface area contributed by atoms with Gasteiger partial charge in [-0.1, -0.05) is 44.2 Å². The Bertz CT molecular complexity index is 2250. The number of esters is 1. The summed E-state index contributed by atoms with van der Waals surface area (Å²) < 4.78 is 12.3. The molecule has 308 valence electrons. The Balaban J connectivity index is 1.35. The molecule has 1 unspecified atom stereocenters. The van der Waals surface area contributed by atoms with Crippen molar-refractivity contribution in [3.8, 4) is 11.8 Å². The number of hydrogen-bond donors (Lipinski definition) is 5. The number of fused-ring (bicyclic) bond motifs is 6. The van der Waals surface area contributed by atoms with Crippen LogP contribution < -0.4 is 15.0 Å². The van der Waals surface area contributed by atoms with Gasteiger partial charge in [0.25, 0.3) is 5.91 Å². The van der Waals surface area contributed by atoms with E-state index in [1.54, 1.807) is 7.11 Å². The lowest BCUT2D eigenvalue weighted by Gasteiger charge is -2.63. The van der Waals surface area contributed by atoms with E-state index in [9.17, 15) is 25.4 Å². The molecule has 3 fully saturated rings. The Morgan fingerprint density at radius 3 is 2.59 bits per heavy atom. The molecule has 1 spiro atoms. The molecule has 1 amide bonds. The number of carbonyl (C=O) groups is 2. The number of amides is 1. The lowest BCUT2D eigenvalue weighted by Crippen LogP contribution is -2.81. The first kappa shape index (κ1) is 39.0. The summed E-state index contributed by atoms with van der Waals surface area (Å²) in [7, 11) is 4.87. The normalized spacial score (nSPS) is 37.4. The van der Waals surface area contributed by atoms with Crippen molar-refractivity contribution >= 4 is 28.5 Å². The summed E-state index contributed by atoms with van der Waals surface area (Å²) in [6.07, 6.45) is 5.61. The SMILES string of the molecule is CC[C@]1(O)C[C@H]2CN(CCc3c([nH]c4ccccc34)[C@@](C(=O)OC)(c3cc4c(cc3OC)N(C)[C@H]3[C@@](O)(C(=O)NCC#N)[C@H](O)[C@]5(CC)C=CCN6CC[C@]43[C@@H]65)C2)C1. The second-order valence-electron chi connectivity index (χ2n) is 18.0. The number of anilines is 1. The summed E-state index contributed by atoms with van der Waals surface area (Å²) in [4.78, 5) is 40.1. The van der Waals surface area contributed by atoms with Gasteiger partial charge in [-0.15, -0.1) is 0 Å². The van der Waals surface area contributed by atoms with Crippen LogP contribution in [0.5, 0.6) is 5.75 Å². The van der Waals surface area contributed by atoms with E-state index in [0.717, 1.165) is 33.4 Å². The van der Waals surface area contributed by atoms with Gasteiger partial charge in [0.15, 0.2) is 5.60 Å². The summed E-state index contributed by atoms with van der Waals surface area (Å²) in [5.74, 6) is -0.886. The molecule has 13 nitrogen and oxygen atoms in total. The van der Waals surface area contributed by atoms with Gasteiger partial charge in [0.05, 0.1) is 31.9 Å². The van der Waals surface area contributed by atoms with E-state index in [2.05, 4.69) is 32.2 Å². The van der Waals surface area contributed by atoms with Crippen molar-refractivity contribution in [3.63, 3.8) is 0 Å². The second kappa shape index (κ2) is 13.5. The van der Waals surface area contributed by atoms with Crippen LogP contribution in [-0.2, 0) is 31.6 Å². The lowest BCUT2D eigenvalue weighted by atomic mass is 9.47. The number of nitriles is 1. The second-order valence-corrected chi connectivity index (χ2v) is 18.0. The molecule has 9 rings (SSSR count). The fourth-order valence-electron chi connectivity index (χ4n) is 13.3. The molecule has 10 atom stereocenters. The van der Waals surface area contributed by atoms with E-state index in [-0.39, 0.29) is 18.5 Å². The predicted molar refractivity (Wildman–Crippen MR) is 217 cm³/mol. The van der Waals surface area contributed by atoms with Crippen LogP contribution in [-0.4, -0.2) is 132 Å². The standard InChI is InChI=1S/C45H56N6O7/c1-6-41(55)23-27-24-44(40(54)58-5,35-29(13-19-50(25-27)26-41)28-11-8-9-12-32(28)48-35)31-21-30-33(22-34(31)57-4)49(3)37-43(30)15-20-51-18-10-14-42(7-2,36(43)51)38(52)45(37,56)39(53)47-17-16-46/h8-12,14,21-22,27,36-38,48,52,55-56H,6-7,13,15,17-20,23-26H2,1-5H3,(H,47,53)/t27-,36+,37-,38-,41+,42-,43-,44+,45+/m1/s1. The van der Waals surface area contributed by atoms with Crippen LogP contribution in [0, 0.1) is 22.7 Å². The number of aliphatic hydroxyl groups is 3. The zero-order chi connectivity index (χ0) is 41.0. The molecule has 6 heterocycles. The molecular weight excluding hydrogens is 737 g/mol. The Morgan fingerprint density at radius 2 is 1.86 bits per heavy atom. The number of piperidine rings is 1. The smallest absolute Gasteiger partial charge is 0.322 e. The molecule has 58 heavy (non-hydrogen) atoms. The average Bonchev–Trinajstić information content (AvgIpc) is 3.89. The molecule has 13 heteroatoms. The van der Waals surface area contributed by atoms with Crippen molar-refractivity contribution in [1.29, 1.82) is 5.26 Å². The van der Waals surface area contributed by atoms with E-state index >= 15 is 4.79 Å². The van der Waals surface area contributed by atoms with Crippen molar-refractivity contribution < 1.29 is 34.4 Å². The van der Waals surface area contributed by atoms with Crippen LogP contribution in [0.15, 0.2) is 48.6 Å². The number of aliphatic hydroxyl groups excluding tert-OH is 1. The van der Waals surface area contributed by atoms with Crippen molar-refractivity contribution in [3.05, 3.63) is 70.9 Å². The molecule has 5 aliphatic heterocycles. The summed E-state index contributed by atoms with van der Waals surface area (Å²) >= 11 is 0. The maximum Gasteiger partial charge on any atom is 0.322 e. The maximum absolute atomic E-state index is 15.3. The van der Waals surface area contributed by atoms with Gasteiger partial charge < -0.3 is 40.0 Å². The number of nitrogens with zero attached hydrogens (tertiary/aromatic N) is 4. The van der Waals surface area contributed by atoms with Gasteiger partial charge in [-0.25, -0.2) is 0 Å². The van der Waals surface area contributed by atoms with Gasteiger partial charge in [-0.05, 0) is 74.2 Å². The number of H-pyrrole nitrogens is 1. The molecule has 1 aromatic heterocycles. The van der Waals surface area contributed by atoms with Crippen molar-refractivity contribution in [2.45, 2.75) is 92.6 Å². The fourth-order valence-corrected chi connectivity index (χ4v) is 13.3. The van der Waals surface area contributed by atoms with Crippen LogP contribution in [0.4, 0.5) is 5.69 Å². The average molecular weight is 793 g/mol. The van der Waals surface area contributed by atoms with Gasteiger partial charge in [-0.2, -0.15) is 5.26 Å². The number of likely N-dealkylation sites (N-methyl/N-ethyl adjacent to an activating group) is 1. The number of benzene rings is 2. The number of aromatic nitrogens is 1. The first-order valence-electron chi connectivity index (χ1n) is 20.9. The Morgan fingerprint density at radius 1 is 1.07 bits per heavy atom. The number of rotatable bonds is 7. The molecule has 2 saturated heterocycles. The number of nitrogens with one attached hydrogen (secondary N) is 2. The van der Waals surface area contributed by atoms with Gasteiger partial charge in [0, 0.05) is 84.0 Å². The maximum atomic E-state index is 15.3. The summed E-state index contributed by atoms with van der Waals surface area (Å²) in [5.41, 5.74) is -1.72. The minimum Gasteiger partial charge on any atom is -0.496 e. The summed E-state index contributed by atoms with van der Waals surface area (Å²) in [6, 6.07) is 12.9. The lowest BCUT2D eigenvalue weighted by molar-refractivity contribution is -0.203. The Kier molecular flexibility index (Phi) is 9.11. The molecule has 6 aliphatic rings. The van der Waals surface area contributed by atoms with Crippen LogP contribution in [0.2, 0.25) is 0 Å². The third-order valence-electron chi connectivity index (χ3n) is 15.5. The summed E-state index contributed by atoms with van der Waals surface area (Å²) in [5, 5.41) is 50.7. The topological polar surface area (TPSA) is 175 Å². The largest absolute Gasteiger partial charge is 0.496 e. The molecule has 1 aliphatic carbocycles. The fraction of sp³-hybridized carbons (Fsp3) is 0.578. The van der Waals surface area contributed by atoms with Gasteiger partial charge in [0.2, 0.25) is 0 Å². The predicted octanol–water partition coefficient (Wildman–Crippen LogP) is 2.89. The van der Waals surface area contributed by atoms with E-state index in [0.29, 0.717) is 82.6 Å². The zero-order valence-corrected chi connectivity index (χ0v) is 34.2. The van der Waals surface area contributed by atoms with Crippen molar-refractivity contribution in [1.82, 2.24) is 20.1 Å². The van der Waals surface area contributed by atoms with Gasteiger partial charge >= 0.3 is 5.97 Å². The van der Waals surface area contributed by atoms with Gasteiger partial charge in [-0.3, -0.25) is 19.4 Å². The number of ether oxygens (including phenoxy) is 2. The first-order chi connectivity index (χ1) is 27.8. The van der Waals surface area contributed by atoms with E-state index in [1.807, 2.05) is 68.3 Å². The molecule has 3 aromatic rings. The van der Waals surface area contributed by atoms with Crippen LogP contribution in [0.3, 0.4) is 0 Å². The number of para-hydroxylation sites is 1. The number of methoxy groups -OCH3 is 2. The molecule has 2 aromatic carbocycles. The van der Waals surface area contributed by atoms with Gasteiger partial charge in [0.1, 0.15) is 23.8 Å². The van der Waals surface area contributed by atoms with E-state index in [1.165, 1.54) is 7.11 Å². The third-order valence-corrected chi connectivity index (χ3v) is 15.5. The highest BCUT2D eigenvalue weighted by atomic mass is 16.5. The number of aromatic amines is 1. The number of hydrogen-bond acceptors (Lipinski definition) is 11. The highest BCUT2D eigenvalue weighted by Crippen LogP contribution is 2.67. The molecule has 2 bridgehead atoms. The third kappa shape index (κ3) is 4.92. The highest BCUT2D eigenvalue weighted by molar-refractivity contribution is 5.95. The minimum absolute atomic E-state index is 0.0985.